The van der Waals surface area contributed by atoms with Crippen LogP contribution in [0.2, 0.25) is 0 Å². The van der Waals surface area contributed by atoms with Crippen LogP contribution >= 0.6 is 0 Å². The van der Waals surface area contributed by atoms with Gasteiger partial charge in [-0.15, -0.1) is 0 Å². The molecule has 1 amide bonds. The monoisotopic (exact) mass is 298 g/mol. The Hall–Kier alpha value is -2.33. The number of benzene rings is 2. The lowest BCUT2D eigenvalue weighted by molar-refractivity contribution is 0.0934. The molecule has 0 heterocycles. The topological polar surface area (TPSA) is 66.6 Å². The summed E-state index contributed by atoms with van der Waals surface area (Å²) in [5.74, 6) is 0. The van der Waals surface area contributed by atoms with Crippen LogP contribution in [0.1, 0.15) is 19.4 Å². The van der Waals surface area contributed by atoms with Crippen LogP contribution in [0.5, 0.6) is 0 Å². The zero-order valence-corrected chi connectivity index (χ0v) is 13.0. The van der Waals surface area contributed by atoms with Crippen LogP contribution in [0, 0.1) is 0 Å². The minimum atomic E-state index is -0.956. The van der Waals surface area contributed by atoms with Gasteiger partial charge in [0.05, 0.1) is 5.54 Å². The van der Waals surface area contributed by atoms with E-state index in [0.29, 0.717) is 13.1 Å². The molecule has 22 heavy (non-hydrogen) atoms. The average molecular weight is 298 g/mol. The predicted molar refractivity (Wildman–Crippen MR) is 88.7 cm³/mol. The van der Waals surface area contributed by atoms with E-state index in [-0.39, 0.29) is 0 Å². The summed E-state index contributed by atoms with van der Waals surface area (Å²) in [6, 6.07) is 18.1. The summed E-state index contributed by atoms with van der Waals surface area (Å²) in [6.45, 7) is 4.41. The third-order valence-corrected chi connectivity index (χ3v) is 3.96. The molecule has 0 aliphatic carbocycles. The fraction of sp³-hybridized carbons (Fsp3) is 0.278. The van der Waals surface area contributed by atoms with E-state index in [1.54, 1.807) is 0 Å². The Balaban J connectivity index is 2.30. The van der Waals surface area contributed by atoms with Crippen LogP contribution in [0.4, 0.5) is 4.79 Å². The van der Waals surface area contributed by atoms with Gasteiger partial charge in [0.25, 0.3) is 0 Å². The first-order chi connectivity index (χ1) is 10.5. The van der Waals surface area contributed by atoms with Crippen LogP contribution in [0.15, 0.2) is 54.6 Å². The van der Waals surface area contributed by atoms with Crippen LogP contribution in [-0.2, 0) is 5.54 Å². The number of hydrogen-bond donors (Lipinski definition) is 2. The first-order valence-corrected chi connectivity index (χ1v) is 7.33. The Labute approximate surface area is 131 Å². The van der Waals surface area contributed by atoms with Gasteiger partial charge in [-0.3, -0.25) is 4.90 Å². The molecule has 0 radical (unpaired) electrons. The molecule has 0 aromatic heterocycles. The highest BCUT2D eigenvalue weighted by molar-refractivity contribution is 5.67. The summed E-state index contributed by atoms with van der Waals surface area (Å²) in [7, 11) is 0. The van der Waals surface area contributed by atoms with Crippen molar-refractivity contribution in [2.75, 3.05) is 13.1 Å². The lowest BCUT2D eigenvalue weighted by atomic mass is 9.90. The summed E-state index contributed by atoms with van der Waals surface area (Å²) in [5, 5.41) is 9.40. The number of carbonyl (C=O) groups is 1. The van der Waals surface area contributed by atoms with Crippen molar-refractivity contribution in [2.45, 2.75) is 19.4 Å². The standard InChI is InChI=1S/C18H22N2O2/c1-18(2,20(13-12-19)17(21)22)16-10-8-15(9-11-16)14-6-4-3-5-7-14/h3-11H,12-13,19H2,1-2H3,(H,21,22). The van der Waals surface area contributed by atoms with E-state index in [9.17, 15) is 9.90 Å². The molecule has 4 nitrogen and oxygen atoms in total. The van der Waals surface area contributed by atoms with Crippen LogP contribution in [0.3, 0.4) is 0 Å². The van der Waals surface area contributed by atoms with E-state index in [4.69, 9.17) is 5.73 Å². The second-order valence-electron chi connectivity index (χ2n) is 5.73. The minimum absolute atomic E-state index is 0.303. The van der Waals surface area contributed by atoms with Gasteiger partial charge < -0.3 is 10.8 Å². The number of nitrogens with two attached hydrogens (primary N) is 1. The minimum Gasteiger partial charge on any atom is -0.465 e. The predicted octanol–water partition coefficient (Wildman–Crippen LogP) is 3.53. The molecule has 3 N–H and O–H groups in total. The van der Waals surface area contributed by atoms with Crippen molar-refractivity contribution in [1.29, 1.82) is 0 Å². The van der Waals surface area contributed by atoms with Gasteiger partial charge in [-0.25, -0.2) is 4.79 Å². The maximum Gasteiger partial charge on any atom is 0.408 e. The largest absolute Gasteiger partial charge is 0.465 e. The fourth-order valence-electron chi connectivity index (χ4n) is 2.60. The summed E-state index contributed by atoms with van der Waals surface area (Å²) >= 11 is 0. The van der Waals surface area contributed by atoms with Crippen molar-refractivity contribution in [3.63, 3.8) is 0 Å². The van der Waals surface area contributed by atoms with Gasteiger partial charge in [0.1, 0.15) is 0 Å². The van der Waals surface area contributed by atoms with Crippen molar-refractivity contribution in [3.8, 4) is 11.1 Å². The summed E-state index contributed by atoms with van der Waals surface area (Å²) in [5.41, 5.74) is 8.11. The summed E-state index contributed by atoms with van der Waals surface area (Å²) in [4.78, 5) is 12.8. The molecule has 0 aliphatic rings. The van der Waals surface area contributed by atoms with Gasteiger partial charge in [0.15, 0.2) is 0 Å². The molecule has 2 aromatic rings. The average Bonchev–Trinajstić information content (AvgIpc) is 2.53. The van der Waals surface area contributed by atoms with Gasteiger partial charge in [-0.1, -0.05) is 54.6 Å². The molecule has 0 unspecified atom stereocenters. The van der Waals surface area contributed by atoms with Crippen molar-refractivity contribution >= 4 is 6.09 Å². The fourth-order valence-corrected chi connectivity index (χ4v) is 2.60. The van der Waals surface area contributed by atoms with E-state index in [1.165, 1.54) is 4.90 Å². The molecule has 0 fully saturated rings. The molecule has 0 aliphatic heterocycles. The lowest BCUT2D eigenvalue weighted by Gasteiger charge is -2.37. The molecule has 0 bridgehead atoms. The maximum absolute atomic E-state index is 11.5. The Morgan fingerprint density at radius 3 is 2.09 bits per heavy atom. The van der Waals surface area contributed by atoms with E-state index in [1.807, 2.05) is 56.3 Å². The molecule has 0 spiro atoms. The highest BCUT2D eigenvalue weighted by Crippen LogP contribution is 2.29. The van der Waals surface area contributed by atoms with Crippen molar-refractivity contribution in [2.24, 2.45) is 5.73 Å². The first kappa shape index (κ1) is 16.0. The van der Waals surface area contributed by atoms with Gasteiger partial charge >= 0.3 is 6.09 Å². The second kappa shape index (κ2) is 6.62. The van der Waals surface area contributed by atoms with E-state index in [0.717, 1.165) is 16.7 Å². The van der Waals surface area contributed by atoms with E-state index < -0.39 is 11.6 Å². The number of rotatable bonds is 5. The number of nitrogens with zero attached hydrogens (tertiary/aromatic N) is 1. The lowest BCUT2D eigenvalue weighted by Crippen LogP contribution is -2.47. The van der Waals surface area contributed by atoms with Gasteiger partial charge in [-0.2, -0.15) is 0 Å². The number of hydrogen-bond acceptors (Lipinski definition) is 2. The first-order valence-electron chi connectivity index (χ1n) is 7.33. The van der Waals surface area contributed by atoms with E-state index in [2.05, 4.69) is 12.1 Å². The molecule has 4 heteroatoms. The van der Waals surface area contributed by atoms with Crippen LogP contribution in [-0.4, -0.2) is 29.2 Å². The SMILES string of the molecule is CC(C)(c1ccc(-c2ccccc2)cc1)N(CCN)C(=O)O. The quantitative estimate of drug-likeness (QED) is 0.887. The molecule has 2 aromatic carbocycles. The molecule has 2 rings (SSSR count). The number of carboxylic acid groups (broad SMARTS) is 1. The van der Waals surface area contributed by atoms with Crippen molar-refractivity contribution in [1.82, 2.24) is 4.90 Å². The van der Waals surface area contributed by atoms with Crippen LogP contribution in [0.25, 0.3) is 11.1 Å². The Kier molecular flexibility index (Phi) is 4.83. The highest BCUT2D eigenvalue weighted by atomic mass is 16.4. The highest BCUT2D eigenvalue weighted by Gasteiger charge is 2.31. The zero-order chi connectivity index (χ0) is 16.2. The Morgan fingerprint density at radius 1 is 1.05 bits per heavy atom. The number of amides is 1. The van der Waals surface area contributed by atoms with Gasteiger partial charge in [-0.05, 0) is 30.5 Å². The van der Waals surface area contributed by atoms with Gasteiger partial charge in [0.2, 0.25) is 0 Å². The van der Waals surface area contributed by atoms with Crippen molar-refractivity contribution < 1.29 is 9.90 Å². The van der Waals surface area contributed by atoms with Crippen LogP contribution < -0.4 is 5.73 Å². The molecule has 0 saturated heterocycles. The molecular formula is C18H22N2O2. The third kappa shape index (κ3) is 3.28. The smallest absolute Gasteiger partial charge is 0.408 e. The van der Waals surface area contributed by atoms with E-state index >= 15 is 0 Å². The molecule has 116 valence electrons. The maximum atomic E-state index is 11.5. The summed E-state index contributed by atoms with van der Waals surface area (Å²) in [6.07, 6.45) is -0.956. The molecule has 0 saturated carbocycles. The normalized spacial score (nSPS) is 11.2. The third-order valence-electron chi connectivity index (χ3n) is 3.96. The second-order valence-corrected chi connectivity index (χ2v) is 5.73. The molecular weight excluding hydrogens is 276 g/mol. The Morgan fingerprint density at radius 2 is 1.59 bits per heavy atom. The zero-order valence-electron chi connectivity index (χ0n) is 13.0. The molecule has 0 atom stereocenters. The Bertz CT molecular complexity index is 621. The summed E-state index contributed by atoms with van der Waals surface area (Å²) < 4.78 is 0. The van der Waals surface area contributed by atoms with Gasteiger partial charge in [0, 0.05) is 13.1 Å². The van der Waals surface area contributed by atoms with Crippen molar-refractivity contribution in [3.05, 3.63) is 60.2 Å².